The average Bonchev–Trinajstić information content (AvgIpc) is 2.75. The summed E-state index contributed by atoms with van der Waals surface area (Å²) in [7, 11) is 0. The summed E-state index contributed by atoms with van der Waals surface area (Å²) in [6.45, 7) is 12.1. The molecule has 0 bridgehead atoms. The minimum absolute atomic E-state index is 0.342. The van der Waals surface area contributed by atoms with Crippen molar-refractivity contribution >= 4 is 0 Å². The predicted octanol–water partition coefficient (Wildman–Crippen LogP) is 10.7. The summed E-state index contributed by atoms with van der Waals surface area (Å²) >= 11 is 0. The average molecular weight is 453 g/mol. The van der Waals surface area contributed by atoms with Crippen LogP contribution >= 0.6 is 0 Å². The van der Waals surface area contributed by atoms with Crippen LogP contribution in [0.25, 0.3) is 0 Å². The van der Waals surface area contributed by atoms with Crippen molar-refractivity contribution < 1.29 is 5.11 Å². The Morgan fingerprint density at radius 2 is 0.719 bits per heavy atom. The lowest BCUT2D eigenvalue weighted by Crippen LogP contribution is -2.12. The summed E-state index contributed by atoms with van der Waals surface area (Å²) in [6, 6.07) is 0. The fourth-order valence-electron chi connectivity index (χ4n) is 5.66. The molecule has 32 heavy (non-hydrogen) atoms. The fraction of sp³-hybridized carbons (Fsp3) is 1.00. The second kappa shape index (κ2) is 24.1. The highest BCUT2D eigenvalue weighted by Gasteiger charge is 2.14. The number of hydrogen-bond acceptors (Lipinski definition) is 1. The molecule has 0 amide bonds. The molecule has 0 radical (unpaired) electrons. The number of rotatable bonds is 25. The molecule has 0 aromatic heterocycles. The van der Waals surface area contributed by atoms with Crippen LogP contribution in [0.4, 0.5) is 0 Å². The van der Waals surface area contributed by atoms with E-state index in [1.807, 2.05) is 0 Å². The smallest absolute Gasteiger partial charge is 0.0456 e. The molecule has 0 aliphatic heterocycles. The Labute approximate surface area is 204 Å². The van der Waals surface area contributed by atoms with Gasteiger partial charge in [0.05, 0.1) is 0 Å². The van der Waals surface area contributed by atoms with Crippen molar-refractivity contribution in [3.63, 3.8) is 0 Å². The quantitative estimate of drug-likeness (QED) is 0.136. The maximum Gasteiger partial charge on any atom is 0.0456 e. The Balaban J connectivity index is 3.34. The van der Waals surface area contributed by atoms with Crippen molar-refractivity contribution in [1.82, 2.24) is 0 Å². The summed E-state index contributed by atoms with van der Waals surface area (Å²) in [6.07, 6.45) is 30.1. The molecular weight excluding hydrogens is 388 g/mol. The lowest BCUT2D eigenvalue weighted by atomic mass is 9.84. The number of aliphatic hydroxyl groups is 1. The highest BCUT2D eigenvalue weighted by molar-refractivity contribution is 4.66. The van der Waals surface area contributed by atoms with Gasteiger partial charge in [-0.1, -0.05) is 150 Å². The van der Waals surface area contributed by atoms with Gasteiger partial charge in [-0.3, -0.25) is 0 Å². The van der Waals surface area contributed by atoms with E-state index < -0.39 is 0 Å². The zero-order valence-electron chi connectivity index (χ0n) is 23.3. The van der Waals surface area contributed by atoms with Crippen molar-refractivity contribution in [2.75, 3.05) is 6.61 Å². The van der Waals surface area contributed by atoms with Crippen LogP contribution in [0.5, 0.6) is 0 Å². The van der Waals surface area contributed by atoms with Crippen LogP contribution in [-0.4, -0.2) is 11.7 Å². The van der Waals surface area contributed by atoms with Gasteiger partial charge in [0.1, 0.15) is 0 Å². The summed E-state index contributed by atoms with van der Waals surface area (Å²) < 4.78 is 0. The Kier molecular flexibility index (Phi) is 24.1. The van der Waals surface area contributed by atoms with Gasteiger partial charge in [-0.05, 0) is 42.9 Å². The highest BCUT2D eigenvalue weighted by atomic mass is 16.3. The Morgan fingerprint density at radius 1 is 0.406 bits per heavy atom. The molecule has 0 aromatic carbocycles. The van der Waals surface area contributed by atoms with E-state index in [4.69, 9.17) is 0 Å². The maximum absolute atomic E-state index is 9.24. The van der Waals surface area contributed by atoms with Crippen LogP contribution in [0.2, 0.25) is 0 Å². The summed E-state index contributed by atoms with van der Waals surface area (Å²) in [5.41, 5.74) is 0. The van der Waals surface area contributed by atoms with Gasteiger partial charge >= 0.3 is 0 Å². The minimum atomic E-state index is 0.342. The van der Waals surface area contributed by atoms with Crippen LogP contribution in [0, 0.1) is 23.7 Å². The third kappa shape index (κ3) is 23.1. The molecule has 0 saturated carbocycles. The first-order chi connectivity index (χ1) is 15.5. The topological polar surface area (TPSA) is 20.2 Å². The molecule has 1 N–H and O–H groups in total. The molecule has 0 spiro atoms. The predicted molar refractivity (Wildman–Crippen MR) is 146 cm³/mol. The first-order valence-corrected chi connectivity index (χ1v) is 15.1. The standard InChI is InChI=1S/C31H64O/c1-6-7-8-9-10-11-12-13-14-15-16-17-18-19-20-21-22-23-28(2)24-29(3)25-30(4)26-31(5)27-32/h28-32H,6-27H2,1-5H3. The van der Waals surface area contributed by atoms with Gasteiger partial charge in [0.2, 0.25) is 0 Å². The zero-order valence-corrected chi connectivity index (χ0v) is 23.3. The third-order valence-corrected chi connectivity index (χ3v) is 7.53. The molecule has 1 heteroatoms. The molecule has 0 fully saturated rings. The van der Waals surface area contributed by atoms with E-state index in [1.54, 1.807) is 0 Å². The van der Waals surface area contributed by atoms with Gasteiger partial charge in [0.25, 0.3) is 0 Å². The molecule has 0 heterocycles. The summed E-state index contributed by atoms with van der Waals surface area (Å²) in [4.78, 5) is 0. The first-order valence-electron chi connectivity index (χ1n) is 15.1. The van der Waals surface area contributed by atoms with Crippen molar-refractivity contribution in [3.05, 3.63) is 0 Å². The maximum atomic E-state index is 9.24. The highest BCUT2D eigenvalue weighted by Crippen LogP contribution is 2.26. The molecule has 194 valence electrons. The zero-order chi connectivity index (χ0) is 23.9. The molecule has 0 saturated heterocycles. The van der Waals surface area contributed by atoms with E-state index in [9.17, 15) is 5.11 Å². The largest absolute Gasteiger partial charge is 0.396 e. The lowest BCUT2D eigenvalue weighted by Gasteiger charge is -2.22. The summed E-state index contributed by atoms with van der Waals surface area (Å²) in [5, 5.41) is 9.24. The van der Waals surface area contributed by atoms with Crippen LogP contribution in [0.3, 0.4) is 0 Å². The van der Waals surface area contributed by atoms with Crippen LogP contribution in [0.1, 0.15) is 169 Å². The van der Waals surface area contributed by atoms with Crippen molar-refractivity contribution in [2.45, 2.75) is 169 Å². The number of hydrogen-bond donors (Lipinski definition) is 1. The minimum Gasteiger partial charge on any atom is -0.396 e. The number of aliphatic hydroxyl groups excluding tert-OH is 1. The number of unbranched alkanes of at least 4 members (excludes halogenated alkanes) is 16. The Bertz CT molecular complexity index is 352. The van der Waals surface area contributed by atoms with E-state index in [2.05, 4.69) is 34.6 Å². The molecule has 0 aliphatic rings. The van der Waals surface area contributed by atoms with Crippen LogP contribution in [-0.2, 0) is 0 Å². The lowest BCUT2D eigenvalue weighted by molar-refractivity contribution is 0.204. The normalized spacial score (nSPS) is 15.6. The van der Waals surface area contributed by atoms with E-state index in [1.165, 1.54) is 135 Å². The van der Waals surface area contributed by atoms with E-state index in [-0.39, 0.29) is 0 Å². The fourth-order valence-corrected chi connectivity index (χ4v) is 5.66. The van der Waals surface area contributed by atoms with Crippen LogP contribution < -0.4 is 0 Å². The van der Waals surface area contributed by atoms with Gasteiger partial charge in [-0.25, -0.2) is 0 Å². The van der Waals surface area contributed by atoms with E-state index >= 15 is 0 Å². The van der Waals surface area contributed by atoms with Crippen molar-refractivity contribution in [1.29, 1.82) is 0 Å². The molecular formula is C31H64O. The SMILES string of the molecule is CCCCCCCCCCCCCCCCCCCC(C)CC(C)CC(C)CC(C)CO. The van der Waals surface area contributed by atoms with Crippen molar-refractivity contribution in [3.8, 4) is 0 Å². The molecule has 4 unspecified atom stereocenters. The van der Waals surface area contributed by atoms with Gasteiger partial charge in [-0.2, -0.15) is 0 Å². The molecule has 0 rings (SSSR count). The van der Waals surface area contributed by atoms with Crippen molar-refractivity contribution in [2.24, 2.45) is 23.7 Å². The molecule has 4 atom stereocenters. The van der Waals surface area contributed by atoms with Gasteiger partial charge in [0.15, 0.2) is 0 Å². The molecule has 1 nitrogen and oxygen atoms in total. The molecule has 0 aromatic rings. The Morgan fingerprint density at radius 3 is 1.09 bits per heavy atom. The van der Waals surface area contributed by atoms with Crippen LogP contribution in [0.15, 0.2) is 0 Å². The van der Waals surface area contributed by atoms with Gasteiger partial charge in [-0.15, -0.1) is 0 Å². The first kappa shape index (κ1) is 32.0. The van der Waals surface area contributed by atoms with Gasteiger partial charge < -0.3 is 5.11 Å². The monoisotopic (exact) mass is 452 g/mol. The summed E-state index contributed by atoms with van der Waals surface area (Å²) in [5.74, 6) is 2.92. The Hall–Kier alpha value is -0.0400. The van der Waals surface area contributed by atoms with E-state index in [0.717, 1.165) is 17.8 Å². The van der Waals surface area contributed by atoms with E-state index in [0.29, 0.717) is 12.5 Å². The second-order valence-electron chi connectivity index (χ2n) is 11.8. The van der Waals surface area contributed by atoms with Gasteiger partial charge in [0, 0.05) is 6.61 Å². The second-order valence-corrected chi connectivity index (χ2v) is 11.8. The molecule has 0 aliphatic carbocycles. The third-order valence-electron chi connectivity index (χ3n) is 7.53.